The monoisotopic (exact) mass is 405 g/mol. The lowest BCUT2D eigenvalue weighted by atomic mass is 9.94. The van der Waals surface area contributed by atoms with Crippen molar-refractivity contribution in [2.45, 2.75) is 51.4 Å². The number of imidazole rings is 1. The fraction of sp³-hybridized carbons (Fsp3) is 0.364. The van der Waals surface area contributed by atoms with E-state index in [9.17, 15) is 4.39 Å². The highest BCUT2D eigenvalue weighted by Gasteiger charge is 2.25. The molecule has 0 spiro atoms. The van der Waals surface area contributed by atoms with Crippen molar-refractivity contribution in [2.75, 3.05) is 0 Å². The molecule has 1 aliphatic rings. The number of aromatic amines is 1. The summed E-state index contributed by atoms with van der Waals surface area (Å²) in [4.78, 5) is 17.1. The van der Waals surface area contributed by atoms with E-state index < -0.39 is 6.17 Å². The van der Waals surface area contributed by atoms with Crippen LogP contribution in [0.3, 0.4) is 0 Å². The number of H-pyrrole nitrogens is 1. The fourth-order valence-electron chi connectivity index (χ4n) is 4.08. The van der Waals surface area contributed by atoms with Gasteiger partial charge in [-0.25, -0.2) is 18.9 Å². The third-order valence-corrected chi connectivity index (χ3v) is 5.66. The number of alkyl halides is 1. The van der Waals surface area contributed by atoms with E-state index in [4.69, 9.17) is 4.98 Å². The van der Waals surface area contributed by atoms with Crippen molar-refractivity contribution in [3.63, 3.8) is 0 Å². The molecule has 154 valence electrons. The van der Waals surface area contributed by atoms with Crippen LogP contribution in [0.4, 0.5) is 4.39 Å². The molecule has 30 heavy (non-hydrogen) atoms. The van der Waals surface area contributed by atoms with Gasteiger partial charge >= 0.3 is 0 Å². The van der Waals surface area contributed by atoms with Crippen LogP contribution in [0.2, 0.25) is 0 Å². The van der Waals surface area contributed by atoms with Crippen molar-refractivity contribution < 1.29 is 4.39 Å². The van der Waals surface area contributed by atoms with E-state index in [1.165, 1.54) is 6.33 Å². The van der Waals surface area contributed by atoms with Crippen LogP contribution in [-0.4, -0.2) is 41.8 Å². The average Bonchev–Trinajstić information content (AvgIpc) is 3.39. The van der Waals surface area contributed by atoms with Crippen LogP contribution in [0.25, 0.3) is 28.3 Å². The van der Waals surface area contributed by atoms with E-state index in [-0.39, 0.29) is 6.04 Å². The summed E-state index contributed by atoms with van der Waals surface area (Å²) in [6.07, 6.45) is 6.19. The normalized spacial score (nSPS) is 19.4. The number of halogens is 1. The predicted octanol–water partition coefficient (Wildman–Crippen LogP) is 3.86. The van der Waals surface area contributed by atoms with Crippen LogP contribution in [0.5, 0.6) is 0 Å². The molecule has 0 aromatic carbocycles. The number of aryl methyl sites for hydroxylation is 1. The first-order valence-corrected chi connectivity index (χ1v) is 10.4. The van der Waals surface area contributed by atoms with Gasteiger partial charge in [0.15, 0.2) is 5.65 Å². The Bertz CT molecular complexity index is 1170. The lowest BCUT2D eigenvalue weighted by Crippen LogP contribution is -2.39. The lowest BCUT2D eigenvalue weighted by Gasteiger charge is -2.26. The Morgan fingerprint density at radius 3 is 2.93 bits per heavy atom. The molecule has 1 aliphatic carbocycles. The highest BCUT2D eigenvalue weighted by Crippen LogP contribution is 2.30. The maximum Gasteiger partial charge on any atom is 0.155 e. The highest BCUT2D eigenvalue weighted by molar-refractivity contribution is 5.77. The lowest BCUT2D eigenvalue weighted by molar-refractivity contribution is 0.187. The van der Waals surface area contributed by atoms with Gasteiger partial charge in [0.1, 0.15) is 18.3 Å². The molecule has 4 heterocycles. The largest absolute Gasteiger partial charge is 0.339 e. The molecular weight excluding hydrogens is 381 g/mol. The number of nitrogens with zero attached hydrogens (tertiary/aromatic N) is 5. The van der Waals surface area contributed by atoms with Gasteiger partial charge in [0.05, 0.1) is 23.6 Å². The first-order valence-electron chi connectivity index (χ1n) is 10.4. The van der Waals surface area contributed by atoms with E-state index in [0.29, 0.717) is 13.0 Å². The first-order chi connectivity index (χ1) is 14.7. The molecule has 7 nitrogen and oxygen atoms in total. The summed E-state index contributed by atoms with van der Waals surface area (Å²) in [6, 6.07) is 9.70. The van der Waals surface area contributed by atoms with Crippen molar-refractivity contribution in [2.24, 2.45) is 0 Å². The molecule has 0 aliphatic heterocycles. The van der Waals surface area contributed by atoms with Crippen molar-refractivity contribution >= 4 is 5.65 Å². The summed E-state index contributed by atoms with van der Waals surface area (Å²) in [5, 5.41) is 7.58. The second kappa shape index (κ2) is 7.95. The number of hydrogen-bond acceptors (Lipinski definition) is 5. The van der Waals surface area contributed by atoms with Gasteiger partial charge in [-0.3, -0.25) is 4.98 Å². The molecular formula is C22H24FN7. The molecule has 1 fully saturated rings. The predicted molar refractivity (Wildman–Crippen MR) is 113 cm³/mol. The van der Waals surface area contributed by atoms with Gasteiger partial charge < -0.3 is 10.3 Å². The van der Waals surface area contributed by atoms with Gasteiger partial charge in [0.2, 0.25) is 0 Å². The van der Waals surface area contributed by atoms with Gasteiger partial charge in [-0.15, -0.1) is 0 Å². The number of rotatable bonds is 5. The molecule has 2 atom stereocenters. The zero-order valence-electron chi connectivity index (χ0n) is 16.8. The van der Waals surface area contributed by atoms with Gasteiger partial charge in [0, 0.05) is 23.5 Å². The summed E-state index contributed by atoms with van der Waals surface area (Å²) in [5.74, 6) is 0.764. The minimum absolute atomic E-state index is 0.112. The summed E-state index contributed by atoms with van der Waals surface area (Å²) >= 11 is 0. The van der Waals surface area contributed by atoms with Crippen LogP contribution in [0, 0.1) is 6.92 Å². The highest BCUT2D eigenvalue weighted by atomic mass is 19.1. The van der Waals surface area contributed by atoms with Crippen molar-refractivity contribution in [1.29, 1.82) is 0 Å². The number of aromatic nitrogens is 6. The molecule has 0 amide bonds. The third kappa shape index (κ3) is 3.70. The van der Waals surface area contributed by atoms with Gasteiger partial charge in [-0.1, -0.05) is 18.9 Å². The van der Waals surface area contributed by atoms with Crippen molar-refractivity contribution in [3.8, 4) is 22.6 Å². The quantitative estimate of drug-likeness (QED) is 0.527. The molecule has 0 bridgehead atoms. The number of hydrogen-bond donors (Lipinski definition) is 2. The van der Waals surface area contributed by atoms with Gasteiger partial charge in [-0.2, -0.15) is 5.10 Å². The number of pyridine rings is 2. The Labute approximate surface area is 173 Å². The molecule has 0 radical (unpaired) electrons. The second-order valence-electron chi connectivity index (χ2n) is 7.84. The summed E-state index contributed by atoms with van der Waals surface area (Å²) in [7, 11) is 0. The van der Waals surface area contributed by atoms with Gasteiger partial charge in [0.25, 0.3) is 0 Å². The Balaban J connectivity index is 1.50. The van der Waals surface area contributed by atoms with Crippen LogP contribution in [-0.2, 0) is 6.54 Å². The van der Waals surface area contributed by atoms with E-state index in [1.54, 1.807) is 4.52 Å². The summed E-state index contributed by atoms with van der Waals surface area (Å²) in [5.41, 5.74) is 5.08. The molecule has 8 heteroatoms. The molecule has 4 aromatic rings. The first kappa shape index (κ1) is 18.9. The van der Waals surface area contributed by atoms with Crippen LogP contribution >= 0.6 is 0 Å². The molecule has 1 saturated carbocycles. The van der Waals surface area contributed by atoms with Crippen LogP contribution < -0.4 is 5.32 Å². The molecule has 0 unspecified atom stereocenters. The Kier molecular flexibility index (Phi) is 5.00. The van der Waals surface area contributed by atoms with Crippen LogP contribution in [0.15, 0.2) is 42.9 Å². The summed E-state index contributed by atoms with van der Waals surface area (Å²) < 4.78 is 15.9. The number of nitrogens with one attached hydrogen (secondary N) is 2. The zero-order chi connectivity index (χ0) is 20.5. The molecule has 4 aromatic heterocycles. The average molecular weight is 405 g/mol. The maximum atomic E-state index is 14.2. The second-order valence-corrected chi connectivity index (χ2v) is 7.84. The molecule has 5 rings (SSSR count). The van der Waals surface area contributed by atoms with E-state index in [2.05, 4.69) is 25.4 Å². The van der Waals surface area contributed by atoms with Gasteiger partial charge in [-0.05, 0) is 44.0 Å². The van der Waals surface area contributed by atoms with Crippen molar-refractivity contribution in [1.82, 2.24) is 34.9 Å². The minimum Gasteiger partial charge on any atom is -0.339 e. The van der Waals surface area contributed by atoms with Crippen molar-refractivity contribution in [3.05, 3.63) is 54.4 Å². The summed E-state index contributed by atoms with van der Waals surface area (Å²) in [6.45, 7) is 2.45. The number of fused-ring (bicyclic) bond motifs is 1. The van der Waals surface area contributed by atoms with E-state index in [1.807, 2.05) is 43.5 Å². The Hall–Kier alpha value is -3.13. The zero-order valence-corrected chi connectivity index (χ0v) is 16.8. The third-order valence-electron chi connectivity index (χ3n) is 5.66. The maximum absolute atomic E-state index is 14.2. The Morgan fingerprint density at radius 1 is 1.17 bits per heavy atom. The standard InChI is InChI=1S/C22H24FN7/c1-14-5-4-8-18(27-14)22-21(15-9-10-20-25-13-26-30(20)12-15)28-19(29-22)11-24-17-7-3-2-6-16(17)23/h4-5,8-10,12-13,16-17,24H,2-3,6-7,11H2,1H3,(H,28,29)/t16-,17-/m0/s1. The van der Waals surface area contributed by atoms with Crippen LogP contribution in [0.1, 0.15) is 37.2 Å². The molecule has 0 saturated heterocycles. The molecule has 2 N–H and O–H groups in total. The topological polar surface area (TPSA) is 83.8 Å². The van der Waals surface area contributed by atoms with E-state index >= 15 is 0 Å². The minimum atomic E-state index is -0.791. The smallest absolute Gasteiger partial charge is 0.155 e. The Morgan fingerprint density at radius 2 is 2.07 bits per heavy atom. The SMILES string of the molecule is Cc1cccc(-c2[nH]c(CN[C@H]3CCCC[C@@H]3F)nc2-c2ccc3ncnn3c2)n1. The fourth-order valence-corrected chi connectivity index (χ4v) is 4.08. The van der Waals surface area contributed by atoms with E-state index in [0.717, 1.165) is 59.1 Å².